The van der Waals surface area contributed by atoms with Crippen molar-refractivity contribution >= 4 is 18.4 Å². The van der Waals surface area contributed by atoms with Gasteiger partial charge >= 0.3 is 0 Å². The van der Waals surface area contributed by atoms with E-state index >= 15 is 0 Å². The highest BCUT2D eigenvalue weighted by molar-refractivity contribution is 5.84. The monoisotopic (exact) mass is 701 g/mol. The summed E-state index contributed by atoms with van der Waals surface area (Å²) in [4.78, 5) is 12.7. The Bertz CT molecular complexity index is 1950. The Morgan fingerprint density at radius 1 is 0.755 bits per heavy atom. The van der Waals surface area contributed by atoms with Crippen LogP contribution in [0.5, 0.6) is 0 Å². The molecule has 2 heteroatoms. The molecule has 4 aromatic rings. The van der Waals surface area contributed by atoms with Crippen LogP contribution in [0.4, 0.5) is 0 Å². The van der Waals surface area contributed by atoms with Crippen LogP contribution in [0.1, 0.15) is 79.1 Å². The van der Waals surface area contributed by atoms with Crippen molar-refractivity contribution in [3.8, 4) is 11.3 Å². The lowest BCUT2D eigenvalue weighted by Gasteiger charge is -2.30. The molecular weight excluding hydrogens is 643 g/mol. The first kappa shape index (κ1) is 45.2. The molecule has 0 aliphatic rings. The maximum atomic E-state index is 8.00. The average Bonchev–Trinajstić information content (AvgIpc) is 3.17. The Morgan fingerprint density at radius 3 is 1.94 bits per heavy atom. The molecule has 0 N–H and O–H groups in total. The third kappa shape index (κ3) is 14.0. The Kier molecular flexibility index (Phi) is 20.1. The molecule has 0 aliphatic heterocycles. The van der Waals surface area contributed by atoms with E-state index in [1.165, 1.54) is 33.4 Å². The van der Waals surface area contributed by atoms with Gasteiger partial charge in [0.25, 0.3) is 0 Å². The predicted molar refractivity (Wildman–Crippen MR) is 236 cm³/mol. The van der Waals surface area contributed by atoms with Gasteiger partial charge in [-0.05, 0) is 116 Å². The molecule has 0 spiro atoms. The predicted octanol–water partition coefficient (Wildman–Crippen LogP) is 14.1. The van der Waals surface area contributed by atoms with Gasteiger partial charge in [-0.25, -0.2) is 0 Å². The molecule has 4 rings (SSSR count). The quantitative estimate of drug-likeness (QED) is 0.146. The highest BCUT2D eigenvalue weighted by atomic mass is 16.1. The Labute approximate surface area is 321 Å². The molecular formula is C51H59NO. The number of rotatable bonds is 11. The van der Waals surface area contributed by atoms with Crippen LogP contribution in [0.25, 0.3) is 22.9 Å². The molecule has 0 fully saturated rings. The van der Waals surface area contributed by atoms with Gasteiger partial charge in [-0.15, -0.1) is 0 Å². The second-order valence-electron chi connectivity index (χ2n) is 13.1. The van der Waals surface area contributed by atoms with Crippen LogP contribution >= 0.6 is 0 Å². The van der Waals surface area contributed by atoms with Crippen molar-refractivity contribution in [3.63, 3.8) is 0 Å². The normalized spacial score (nSPS) is 11.1. The number of hydrogen-bond donors (Lipinski definition) is 0. The van der Waals surface area contributed by atoms with E-state index in [9.17, 15) is 0 Å². The fraction of sp³-hybridized carbons (Fsp3) is 0.176. The van der Waals surface area contributed by atoms with Crippen LogP contribution in [-0.4, -0.2) is 11.8 Å². The number of carbonyl (C=O) groups excluding carboxylic acids is 1. The molecule has 0 saturated carbocycles. The summed E-state index contributed by atoms with van der Waals surface area (Å²) in [6.07, 6.45) is 21.1. The molecule has 0 bridgehead atoms. The van der Waals surface area contributed by atoms with Gasteiger partial charge in [-0.2, -0.15) is 0 Å². The van der Waals surface area contributed by atoms with Gasteiger partial charge in [0.15, 0.2) is 0 Å². The lowest BCUT2D eigenvalue weighted by molar-refractivity contribution is -0.0980. The second kappa shape index (κ2) is 23.6. The summed E-state index contributed by atoms with van der Waals surface area (Å²) in [6, 6.07) is 25.7. The van der Waals surface area contributed by atoms with Gasteiger partial charge in [0, 0.05) is 17.2 Å². The van der Waals surface area contributed by atoms with Crippen molar-refractivity contribution in [2.24, 2.45) is 0 Å². The number of nitrogens with zero attached hydrogens (tertiary/aromatic N) is 1. The third-order valence-electron chi connectivity index (χ3n) is 8.78. The van der Waals surface area contributed by atoms with Gasteiger partial charge < -0.3 is 4.79 Å². The zero-order valence-corrected chi connectivity index (χ0v) is 33.4. The summed E-state index contributed by atoms with van der Waals surface area (Å²) in [5.41, 5.74) is 14.9. The van der Waals surface area contributed by atoms with Crippen LogP contribution in [0.3, 0.4) is 0 Å². The number of aryl methyl sites for hydroxylation is 1. The summed E-state index contributed by atoms with van der Waals surface area (Å²) in [6.45, 7) is 38.5. The molecule has 0 aliphatic carbocycles. The van der Waals surface area contributed by atoms with Crippen molar-refractivity contribution in [2.75, 3.05) is 0 Å². The van der Waals surface area contributed by atoms with Crippen LogP contribution in [0.15, 0.2) is 178 Å². The van der Waals surface area contributed by atoms with E-state index in [1.807, 2.05) is 107 Å². The Morgan fingerprint density at radius 2 is 1.40 bits per heavy atom. The van der Waals surface area contributed by atoms with Crippen molar-refractivity contribution in [1.82, 2.24) is 4.98 Å². The third-order valence-corrected chi connectivity index (χ3v) is 8.78. The Hall–Kier alpha value is -5.86. The first-order valence-corrected chi connectivity index (χ1v) is 17.7. The minimum atomic E-state index is -0.223. The highest BCUT2D eigenvalue weighted by Crippen LogP contribution is 2.40. The van der Waals surface area contributed by atoms with E-state index < -0.39 is 0 Å². The minimum Gasteiger partial charge on any atom is -0.307 e. The van der Waals surface area contributed by atoms with Crippen molar-refractivity contribution in [3.05, 3.63) is 222 Å². The molecule has 1 aromatic heterocycles. The zero-order chi connectivity index (χ0) is 40.0. The largest absolute Gasteiger partial charge is 0.307 e. The van der Waals surface area contributed by atoms with E-state index in [-0.39, 0.29) is 5.41 Å². The minimum absolute atomic E-state index is 0.223. The summed E-state index contributed by atoms with van der Waals surface area (Å²) in [7, 11) is 0. The molecule has 274 valence electrons. The molecule has 0 unspecified atom stereocenters. The summed E-state index contributed by atoms with van der Waals surface area (Å²) < 4.78 is 0. The molecule has 0 saturated heterocycles. The fourth-order valence-corrected chi connectivity index (χ4v) is 5.28. The maximum Gasteiger partial charge on any atom is 0.106 e. The van der Waals surface area contributed by atoms with Crippen molar-refractivity contribution in [1.29, 1.82) is 0 Å². The number of pyridine rings is 1. The number of benzene rings is 3. The van der Waals surface area contributed by atoms with Crippen LogP contribution in [0.2, 0.25) is 0 Å². The van der Waals surface area contributed by atoms with Gasteiger partial charge in [-0.3, -0.25) is 4.98 Å². The van der Waals surface area contributed by atoms with Crippen LogP contribution in [0, 0.1) is 20.8 Å². The second-order valence-corrected chi connectivity index (χ2v) is 13.1. The van der Waals surface area contributed by atoms with E-state index in [0.29, 0.717) is 0 Å². The topological polar surface area (TPSA) is 30.0 Å². The number of allylic oxidation sites excluding steroid dienone is 11. The molecule has 3 aromatic carbocycles. The lowest BCUT2D eigenvalue weighted by Crippen LogP contribution is -2.20. The molecule has 53 heavy (non-hydrogen) atoms. The standard InChI is InChI=1S/C33H33N.C9H12.C8H12.CH2O/c1-8-26-19-28(18-22(2)23(26)3)33(6,7)29-20-30(24(4)27-14-10-9-11-15-27)25(5)31(21-29)32-16-12-13-17-34-32;1-4-6-7-8-9(3)5-2;1-4-5-6-7-8(2)3;1-2/h8-21H,1,4H2,2-3,5-7H3;4-8H,1-2H2,3H3;4-7H,2H2,1,3H3;1H2/b;7-6-,9-8+;5-4-,7-6-;. The van der Waals surface area contributed by atoms with Gasteiger partial charge in [0.2, 0.25) is 0 Å². The maximum absolute atomic E-state index is 8.00. The zero-order valence-electron chi connectivity index (χ0n) is 33.4. The van der Waals surface area contributed by atoms with Crippen LogP contribution in [-0.2, 0) is 10.2 Å². The van der Waals surface area contributed by atoms with Crippen LogP contribution < -0.4 is 0 Å². The Balaban J connectivity index is 0.000000611. The molecule has 1 heterocycles. The highest BCUT2D eigenvalue weighted by Gasteiger charge is 2.27. The smallest absolute Gasteiger partial charge is 0.106 e. The first-order chi connectivity index (χ1) is 25.3. The number of hydrogen-bond acceptors (Lipinski definition) is 2. The van der Waals surface area contributed by atoms with Crippen molar-refractivity contribution < 1.29 is 4.79 Å². The first-order valence-electron chi connectivity index (χ1n) is 17.7. The van der Waals surface area contributed by atoms with E-state index in [0.717, 1.165) is 39.1 Å². The van der Waals surface area contributed by atoms with Gasteiger partial charge in [0.1, 0.15) is 6.79 Å². The van der Waals surface area contributed by atoms with E-state index in [4.69, 9.17) is 4.79 Å². The SMILES string of the molecule is C=C(C)/C=C\C=C/C.C=C/C=C\C=C(/C)C=C.C=Cc1cc(C(C)(C)c2cc(C(=C)c3ccccc3)c(C)c(-c3ccccn3)c2)cc(C)c1C.C=O. The summed E-state index contributed by atoms with van der Waals surface area (Å²) in [5, 5.41) is 0. The average molecular weight is 702 g/mol. The molecule has 0 radical (unpaired) electrons. The molecule has 0 amide bonds. The number of carbonyl (C=O) groups is 1. The van der Waals surface area contributed by atoms with Gasteiger partial charge in [0.05, 0.1) is 5.69 Å². The van der Waals surface area contributed by atoms with Crippen molar-refractivity contribution in [2.45, 2.75) is 60.8 Å². The van der Waals surface area contributed by atoms with E-state index in [2.05, 4.69) is 127 Å². The lowest BCUT2D eigenvalue weighted by atomic mass is 9.74. The fourth-order valence-electron chi connectivity index (χ4n) is 5.28. The molecule has 0 atom stereocenters. The van der Waals surface area contributed by atoms with Gasteiger partial charge in [-0.1, -0.05) is 167 Å². The van der Waals surface area contributed by atoms with E-state index in [1.54, 1.807) is 6.08 Å². The number of aromatic nitrogens is 1. The molecule has 2 nitrogen and oxygen atoms in total. The summed E-state index contributed by atoms with van der Waals surface area (Å²) in [5.74, 6) is 0. The summed E-state index contributed by atoms with van der Waals surface area (Å²) >= 11 is 0.